The highest BCUT2D eigenvalue weighted by molar-refractivity contribution is 5.28. The molecule has 1 saturated carbocycles. The summed E-state index contributed by atoms with van der Waals surface area (Å²) in [6, 6.07) is 9.55. The number of benzene rings is 1. The number of nitrogens with one attached hydrogen (secondary N) is 1. The van der Waals surface area contributed by atoms with Gasteiger partial charge in [0.2, 0.25) is 5.89 Å². The molecule has 0 radical (unpaired) electrons. The molecule has 1 aliphatic rings. The first-order valence-electron chi connectivity index (χ1n) is 9.26. The van der Waals surface area contributed by atoms with Gasteiger partial charge in [-0.25, -0.2) is 0 Å². The topological polar surface area (TPSA) is 51.0 Å². The summed E-state index contributed by atoms with van der Waals surface area (Å²) in [6.07, 6.45) is 6.87. The Hall–Kier alpha value is -1.68. The molecule has 4 nitrogen and oxygen atoms in total. The van der Waals surface area contributed by atoms with Crippen molar-refractivity contribution in [3.8, 4) is 0 Å². The molecule has 1 unspecified atom stereocenters. The average Bonchev–Trinajstić information content (AvgIpc) is 3.01. The Kier molecular flexibility index (Phi) is 5.67. The van der Waals surface area contributed by atoms with Crippen LogP contribution in [0.3, 0.4) is 0 Å². The molecule has 0 bridgehead atoms. The van der Waals surface area contributed by atoms with E-state index in [0.29, 0.717) is 24.4 Å². The van der Waals surface area contributed by atoms with E-state index in [1.54, 1.807) is 0 Å². The van der Waals surface area contributed by atoms with Crippen LogP contribution in [-0.4, -0.2) is 10.1 Å². The second-order valence-electron chi connectivity index (χ2n) is 7.33. The van der Waals surface area contributed by atoms with Crippen LogP contribution in [0, 0.1) is 12.8 Å². The van der Waals surface area contributed by atoms with Gasteiger partial charge in [0.1, 0.15) is 0 Å². The molecule has 1 fully saturated rings. The minimum Gasteiger partial charge on any atom is -0.340 e. The Labute approximate surface area is 145 Å². The van der Waals surface area contributed by atoms with Crippen molar-refractivity contribution in [3.05, 3.63) is 47.1 Å². The summed E-state index contributed by atoms with van der Waals surface area (Å²) in [5, 5.41) is 7.55. The highest BCUT2D eigenvalue weighted by Gasteiger charge is 2.19. The van der Waals surface area contributed by atoms with Gasteiger partial charge in [0.25, 0.3) is 0 Å². The van der Waals surface area contributed by atoms with Crippen LogP contribution in [0.5, 0.6) is 0 Å². The van der Waals surface area contributed by atoms with Gasteiger partial charge in [-0.1, -0.05) is 62.5 Å². The standard InChI is InChI=1S/C20H29N3O/c1-14(2)20(21-13-19-22-15(3)24-23-19)18-11-9-17(10-12-18)16-7-5-4-6-8-16/h9-12,14,16,20-21H,4-8,13H2,1-3H3. The molecule has 3 rings (SSSR count). The fourth-order valence-corrected chi connectivity index (χ4v) is 3.76. The van der Waals surface area contributed by atoms with Gasteiger partial charge in [0.05, 0.1) is 6.54 Å². The zero-order valence-corrected chi connectivity index (χ0v) is 15.1. The van der Waals surface area contributed by atoms with Crippen molar-refractivity contribution in [2.75, 3.05) is 0 Å². The van der Waals surface area contributed by atoms with Crippen LogP contribution in [0.2, 0.25) is 0 Å². The Morgan fingerprint density at radius 2 is 1.83 bits per heavy atom. The molecule has 4 heteroatoms. The van der Waals surface area contributed by atoms with E-state index in [9.17, 15) is 0 Å². The SMILES string of the molecule is Cc1nc(CNC(c2ccc(C3CCCCC3)cc2)C(C)C)no1. The molecule has 1 atom stereocenters. The van der Waals surface area contributed by atoms with Gasteiger partial charge in [-0.3, -0.25) is 0 Å². The van der Waals surface area contributed by atoms with Gasteiger partial charge in [-0.15, -0.1) is 0 Å². The van der Waals surface area contributed by atoms with Crippen molar-refractivity contribution < 1.29 is 4.52 Å². The van der Waals surface area contributed by atoms with E-state index >= 15 is 0 Å². The lowest BCUT2D eigenvalue weighted by atomic mass is 9.83. The summed E-state index contributed by atoms with van der Waals surface area (Å²) < 4.78 is 5.04. The highest BCUT2D eigenvalue weighted by Crippen LogP contribution is 2.33. The maximum Gasteiger partial charge on any atom is 0.223 e. The lowest BCUT2D eigenvalue weighted by molar-refractivity contribution is 0.373. The number of hydrogen-bond donors (Lipinski definition) is 1. The van der Waals surface area contributed by atoms with Crippen molar-refractivity contribution >= 4 is 0 Å². The van der Waals surface area contributed by atoms with Gasteiger partial charge in [-0.2, -0.15) is 4.98 Å². The third-order valence-electron chi connectivity index (χ3n) is 5.09. The quantitative estimate of drug-likeness (QED) is 0.819. The molecule has 0 saturated heterocycles. The molecule has 1 aliphatic carbocycles. The van der Waals surface area contributed by atoms with Gasteiger partial charge in [-0.05, 0) is 35.8 Å². The van der Waals surface area contributed by atoms with Crippen molar-refractivity contribution in [2.24, 2.45) is 5.92 Å². The van der Waals surface area contributed by atoms with E-state index in [1.807, 2.05) is 6.92 Å². The lowest BCUT2D eigenvalue weighted by Gasteiger charge is -2.25. The summed E-state index contributed by atoms with van der Waals surface area (Å²) in [7, 11) is 0. The summed E-state index contributed by atoms with van der Waals surface area (Å²) >= 11 is 0. The summed E-state index contributed by atoms with van der Waals surface area (Å²) in [5.41, 5.74) is 2.85. The number of hydrogen-bond acceptors (Lipinski definition) is 4. The maximum absolute atomic E-state index is 5.04. The average molecular weight is 327 g/mol. The number of aromatic nitrogens is 2. The van der Waals surface area contributed by atoms with Crippen LogP contribution >= 0.6 is 0 Å². The predicted molar refractivity (Wildman–Crippen MR) is 95.7 cm³/mol. The molecule has 130 valence electrons. The molecule has 1 aromatic carbocycles. The highest BCUT2D eigenvalue weighted by atomic mass is 16.5. The molecule has 1 aromatic heterocycles. The smallest absolute Gasteiger partial charge is 0.223 e. The number of nitrogens with zero attached hydrogens (tertiary/aromatic N) is 2. The largest absolute Gasteiger partial charge is 0.340 e. The molecular weight excluding hydrogens is 298 g/mol. The third-order valence-corrected chi connectivity index (χ3v) is 5.09. The van der Waals surface area contributed by atoms with Crippen molar-refractivity contribution in [1.82, 2.24) is 15.5 Å². The van der Waals surface area contributed by atoms with Crippen LogP contribution < -0.4 is 5.32 Å². The fourth-order valence-electron chi connectivity index (χ4n) is 3.76. The van der Waals surface area contributed by atoms with Crippen LogP contribution in [-0.2, 0) is 6.54 Å². The van der Waals surface area contributed by atoms with Crippen LogP contribution in [0.25, 0.3) is 0 Å². The maximum atomic E-state index is 5.04. The Morgan fingerprint density at radius 3 is 2.42 bits per heavy atom. The van der Waals surface area contributed by atoms with Crippen LogP contribution in [0.15, 0.2) is 28.8 Å². The van der Waals surface area contributed by atoms with Crippen LogP contribution in [0.1, 0.15) is 80.8 Å². The van der Waals surface area contributed by atoms with E-state index in [1.165, 1.54) is 43.2 Å². The Morgan fingerprint density at radius 1 is 1.12 bits per heavy atom. The second-order valence-corrected chi connectivity index (χ2v) is 7.33. The van der Waals surface area contributed by atoms with Gasteiger partial charge in [0, 0.05) is 13.0 Å². The Balaban J connectivity index is 1.66. The first-order valence-corrected chi connectivity index (χ1v) is 9.26. The van der Waals surface area contributed by atoms with E-state index in [0.717, 1.165) is 11.7 Å². The zero-order valence-electron chi connectivity index (χ0n) is 15.1. The molecule has 0 aliphatic heterocycles. The van der Waals surface area contributed by atoms with Crippen molar-refractivity contribution in [1.29, 1.82) is 0 Å². The molecule has 1 N–H and O–H groups in total. The van der Waals surface area contributed by atoms with Crippen molar-refractivity contribution in [3.63, 3.8) is 0 Å². The van der Waals surface area contributed by atoms with Crippen LogP contribution in [0.4, 0.5) is 0 Å². The molecular formula is C20H29N3O. The minimum absolute atomic E-state index is 0.296. The first-order chi connectivity index (χ1) is 11.6. The fraction of sp³-hybridized carbons (Fsp3) is 0.600. The molecule has 2 aromatic rings. The monoisotopic (exact) mass is 327 g/mol. The lowest BCUT2D eigenvalue weighted by Crippen LogP contribution is -2.26. The van der Waals surface area contributed by atoms with E-state index < -0.39 is 0 Å². The molecule has 0 amide bonds. The van der Waals surface area contributed by atoms with Gasteiger partial charge in [0.15, 0.2) is 5.82 Å². The van der Waals surface area contributed by atoms with E-state index in [2.05, 4.69) is 53.6 Å². The van der Waals surface area contributed by atoms with E-state index in [4.69, 9.17) is 4.52 Å². The van der Waals surface area contributed by atoms with Crippen molar-refractivity contribution in [2.45, 2.75) is 71.4 Å². The summed E-state index contributed by atoms with van der Waals surface area (Å²) in [4.78, 5) is 4.27. The van der Waals surface area contributed by atoms with E-state index in [-0.39, 0.29) is 0 Å². The Bertz CT molecular complexity index is 627. The third kappa shape index (κ3) is 4.23. The molecule has 24 heavy (non-hydrogen) atoms. The van der Waals surface area contributed by atoms with Gasteiger partial charge < -0.3 is 9.84 Å². The number of aryl methyl sites for hydroxylation is 1. The zero-order chi connectivity index (χ0) is 16.9. The second kappa shape index (κ2) is 7.93. The number of rotatable bonds is 6. The molecule has 0 spiro atoms. The minimum atomic E-state index is 0.296. The summed E-state index contributed by atoms with van der Waals surface area (Å²) in [5.74, 6) is 2.60. The normalized spacial score (nSPS) is 17.3. The molecule has 1 heterocycles. The summed E-state index contributed by atoms with van der Waals surface area (Å²) in [6.45, 7) is 6.94. The predicted octanol–water partition coefficient (Wildman–Crippen LogP) is 4.91. The first kappa shape index (κ1) is 17.2. The van der Waals surface area contributed by atoms with Gasteiger partial charge >= 0.3 is 0 Å².